The number of carbonyl (C=O) groups is 1. The summed E-state index contributed by atoms with van der Waals surface area (Å²) in [5.41, 5.74) is 2.74. The van der Waals surface area contributed by atoms with Crippen LogP contribution in [0.1, 0.15) is 59.9 Å². The van der Waals surface area contributed by atoms with E-state index >= 15 is 0 Å². The minimum absolute atomic E-state index is 0.329. The lowest BCUT2D eigenvalue weighted by atomic mass is 10.1. The van der Waals surface area contributed by atoms with E-state index in [2.05, 4.69) is 52.7 Å². The number of benzene rings is 2. The summed E-state index contributed by atoms with van der Waals surface area (Å²) in [6.07, 6.45) is 10.3. The number of carboxylic acids is 1. The summed E-state index contributed by atoms with van der Waals surface area (Å²) in [4.78, 5) is 11.1. The molecule has 146 valence electrons. The highest BCUT2D eigenvalue weighted by Crippen LogP contribution is 2.11. The van der Waals surface area contributed by atoms with Crippen LogP contribution in [-0.4, -0.2) is 15.6 Å². The highest BCUT2D eigenvalue weighted by molar-refractivity contribution is 5.87. The van der Waals surface area contributed by atoms with Gasteiger partial charge in [0.1, 0.15) is 25.5 Å². The van der Waals surface area contributed by atoms with Crippen LogP contribution in [0.5, 0.6) is 0 Å². The quantitative estimate of drug-likeness (QED) is 0.411. The number of aromatic carboxylic acids is 1. The van der Waals surface area contributed by atoms with Crippen molar-refractivity contribution in [3.05, 3.63) is 89.5 Å². The first-order chi connectivity index (χ1) is 13.7. The van der Waals surface area contributed by atoms with Gasteiger partial charge in [-0.25, -0.2) is 13.9 Å². The van der Waals surface area contributed by atoms with Crippen molar-refractivity contribution in [3.8, 4) is 0 Å². The molecule has 0 unspecified atom stereocenters. The van der Waals surface area contributed by atoms with Gasteiger partial charge in [0.2, 0.25) is 0 Å². The first-order valence-corrected chi connectivity index (χ1v) is 10.1. The summed E-state index contributed by atoms with van der Waals surface area (Å²) in [6.45, 7) is 3.86. The van der Waals surface area contributed by atoms with Gasteiger partial charge in [-0.05, 0) is 29.7 Å². The molecule has 0 aliphatic rings. The Morgan fingerprint density at radius 3 is 2.39 bits per heavy atom. The zero-order chi connectivity index (χ0) is 19.8. The number of nitrogens with zero attached hydrogens (tertiary/aromatic N) is 2. The molecule has 0 saturated carbocycles. The minimum Gasteiger partial charge on any atom is -0.478 e. The number of carboxylic acid groups (broad SMARTS) is 1. The number of hydrogen-bond donors (Lipinski definition) is 1. The Morgan fingerprint density at radius 1 is 0.964 bits per heavy atom. The van der Waals surface area contributed by atoms with Gasteiger partial charge >= 0.3 is 5.97 Å². The Kier molecular flexibility index (Phi) is 7.01. The van der Waals surface area contributed by atoms with Gasteiger partial charge in [-0.15, -0.1) is 0 Å². The average molecular weight is 378 g/mol. The van der Waals surface area contributed by atoms with Crippen molar-refractivity contribution >= 4 is 5.97 Å². The van der Waals surface area contributed by atoms with Crippen molar-refractivity contribution in [2.45, 2.75) is 52.1 Å². The van der Waals surface area contributed by atoms with Crippen LogP contribution in [0.3, 0.4) is 0 Å². The summed E-state index contributed by atoms with van der Waals surface area (Å²) in [5.74, 6) is 0.437. The number of imidazole rings is 1. The van der Waals surface area contributed by atoms with Crippen LogP contribution in [0.2, 0.25) is 0 Å². The molecule has 0 saturated heterocycles. The number of aromatic nitrogens is 2. The van der Waals surface area contributed by atoms with E-state index in [4.69, 9.17) is 5.11 Å². The normalized spacial score (nSPS) is 10.9. The van der Waals surface area contributed by atoms with E-state index in [0.717, 1.165) is 25.1 Å². The lowest BCUT2D eigenvalue weighted by Crippen LogP contribution is -2.38. The molecule has 1 heterocycles. The first-order valence-electron chi connectivity index (χ1n) is 10.1. The van der Waals surface area contributed by atoms with E-state index < -0.39 is 5.97 Å². The Labute approximate surface area is 167 Å². The van der Waals surface area contributed by atoms with Crippen molar-refractivity contribution in [3.63, 3.8) is 0 Å². The van der Waals surface area contributed by atoms with E-state index in [1.165, 1.54) is 37.1 Å². The molecule has 0 fully saturated rings. The van der Waals surface area contributed by atoms with Crippen LogP contribution in [-0.2, 0) is 19.5 Å². The summed E-state index contributed by atoms with van der Waals surface area (Å²) < 4.78 is 4.64. The third-order valence-corrected chi connectivity index (χ3v) is 5.09. The Morgan fingerprint density at radius 2 is 1.71 bits per heavy atom. The minimum atomic E-state index is -0.884. The van der Waals surface area contributed by atoms with Crippen LogP contribution in [0.4, 0.5) is 0 Å². The van der Waals surface area contributed by atoms with Crippen molar-refractivity contribution < 1.29 is 14.5 Å². The molecule has 2 aromatic carbocycles. The summed E-state index contributed by atoms with van der Waals surface area (Å²) in [5, 5.41) is 9.09. The fourth-order valence-electron chi connectivity index (χ4n) is 3.51. The van der Waals surface area contributed by atoms with Gasteiger partial charge in [-0.3, -0.25) is 0 Å². The predicted octanol–water partition coefficient (Wildman–Crippen LogP) is 4.69. The topological polar surface area (TPSA) is 46.1 Å². The fourth-order valence-corrected chi connectivity index (χ4v) is 3.51. The molecule has 3 rings (SSSR count). The molecule has 0 bridgehead atoms. The molecule has 3 aromatic rings. The summed E-state index contributed by atoms with van der Waals surface area (Å²) in [7, 11) is 0. The zero-order valence-electron chi connectivity index (χ0n) is 16.6. The van der Waals surface area contributed by atoms with E-state index in [1.54, 1.807) is 12.1 Å². The number of hydrogen-bond acceptors (Lipinski definition) is 1. The third kappa shape index (κ3) is 5.32. The van der Waals surface area contributed by atoms with E-state index in [1.807, 2.05) is 18.2 Å². The molecule has 0 aliphatic heterocycles. The maximum absolute atomic E-state index is 11.1. The molecular weight excluding hydrogens is 348 g/mol. The van der Waals surface area contributed by atoms with Gasteiger partial charge in [0.15, 0.2) is 0 Å². The lowest BCUT2D eigenvalue weighted by molar-refractivity contribution is -0.695. The van der Waals surface area contributed by atoms with Crippen molar-refractivity contribution in [2.75, 3.05) is 0 Å². The average Bonchev–Trinajstić information content (AvgIpc) is 3.07. The smallest absolute Gasteiger partial charge is 0.335 e. The highest BCUT2D eigenvalue weighted by Gasteiger charge is 2.17. The zero-order valence-corrected chi connectivity index (χ0v) is 16.6. The SMILES string of the molecule is CCCCCCc1n(Cc2ccc(C(=O)O)cc2)cc[n+]1Cc1ccccc1. The van der Waals surface area contributed by atoms with Gasteiger partial charge < -0.3 is 5.11 Å². The maximum Gasteiger partial charge on any atom is 0.335 e. The number of rotatable bonds is 10. The largest absolute Gasteiger partial charge is 0.478 e. The predicted molar refractivity (Wildman–Crippen MR) is 111 cm³/mol. The Hall–Kier alpha value is -2.88. The van der Waals surface area contributed by atoms with Gasteiger partial charge in [-0.2, -0.15) is 0 Å². The summed E-state index contributed by atoms with van der Waals surface area (Å²) in [6, 6.07) is 17.7. The van der Waals surface area contributed by atoms with Crippen molar-refractivity contribution in [1.82, 2.24) is 4.57 Å². The highest BCUT2D eigenvalue weighted by atomic mass is 16.4. The van der Waals surface area contributed by atoms with Gasteiger partial charge in [0.05, 0.1) is 5.56 Å². The maximum atomic E-state index is 11.1. The van der Waals surface area contributed by atoms with Crippen LogP contribution in [0.15, 0.2) is 67.0 Å². The van der Waals surface area contributed by atoms with Gasteiger partial charge in [-0.1, -0.05) is 68.7 Å². The second kappa shape index (κ2) is 9.88. The van der Waals surface area contributed by atoms with Gasteiger partial charge in [0, 0.05) is 6.42 Å². The van der Waals surface area contributed by atoms with Crippen LogP contribution >= 0.6 is 0 Å². The monoisotopic (exact) mass is 377 g/mol. The molecule has 1 aromatic heterocycles. The second-order valence-corrected chi connectivity index (χ2v) is 7.27. The van der Waals surface area contributed by atoms with Crippen LogP contribution in [0, 0.1) is 0 Å². The first kappa shape index (κ1) is 19.9. The van der Waals surface area contributed by atoms with Crippen LogP contribution < -0.4 is 4.57 Å². The lowest BCUT2D eigenvalue weighted by Gasteiger charge is -2.07. The Balaban J connectivity index is 1.79. The van der Waals surface area contributed by atoms with Crippen molar-refractivity contribution in [2.24, 2.45) is 0 Å². The fraction of sp³-hybridized carbons (Fsp3) is 0.333. The molecule has 1 N–H and O–H groups in total. The molecule has 28 heavy (non-hydrogen) atoms. The molecule has 0 atom stereocenters. The van der Waals surface area contributed by atoms with E-state index in [9.17, 15) is 4.79 Å². The number of unbranched alkanes of at least 4 members (excludes halogenated alkanes) is 3. The van der Waals surface area contributed by atoms with Crippen LogP contribution in [0.25, 0.3) is 0 Å². The molecule has 0 amide bonds. The second-order valence-electron chi connectivity index (χ2n) is 7.27. The van der Waals surface area contributed by atoms with E-state index in [-0.39, 0.29) is 0 Å². The van der Waals surface area contributed by atoms with Gasteiger partial charge in [0.25, 0.3) is 5.82 Å². The molecule has 4 heteroatoms. The summed E-state index contributed by atoms with van der Waals surface area (Å²) >= 11 is 0. The molecule has 0 spiro atoms. The molecule has 0 radical (unpaired) electrons. The van der Waals surface area contributed by atoms with E-state index in [0.29, 0.717) is 5.56 Å². The Bertz CT molecular complexity index is 883. The molecule has 0 aliphatic carbocycles. The molecule has 4 nitrogen and oxygen atoms in total. The standard InChI is InChI=1S/C24H28N2O2/c1-2-3-4-8-11-23-25(18-20-9-6-5-7-10-20)16-17-26(23)19-21-12-14-22(15-13-21)24(27)28/h5-7,9-10,12-17H,2-4,8,11,18-19H2,1H3/p+1. The van der Waals surface area contributed by atoms with Crippen molar-refractivity contribution in [1.29, 1.82) is 0 Å². The molecular formula is C24H29N2O2+. The third-order valence-electron chi connectivity index (χ3n) is 5.09.